The van der Waals surface area contributed by atoms with E-state index >= 15 is 0 Å². The third-order valence-corrected chi connectivity index (χ3v) is 8.28. The second-order valence-corrected chi connectivity index (χ2v) is 10.6. The van der Waals surface area contributed by atoms with Gasteiger partial charge in [0.25, 0.3) is 11.8 Å². The van der Waals surface area contributed by atoms with Crippen LogP contribution in [0.3, 0.4) is 0 Å². The molecule has 0 spiro atoms. The number of hydrogen-bond acceptors (Lipinski definition) is 4. The molecule has 2 aromatic carbocycles. The smallest absolute Gasteiger partial charge is 0.256 e. The summed E-state index contributed by atoms with van der Waals surface area (Å²) in [6, 6.07) is 18.3. The summed E-state index contributed by atoms with van der Waals surface area (Å²) >= 11 is 0. The van der Waals surface area contributed by atoms with Gasteiger partial charge in [-0.1, -0.05) is 56.0 Å². The van der Waals surface area contributed by atoms with E-state index < -0.39 is 0 Å². The lowest BCUT2D eigenvalue weighted by Crippen LogP contribution is -2.52. The van der Waals surface area contributed by atoms with Crippen LogP contribution in [0.4, 0.5) is 5.69 Å². The quantitative estimate of drug-likeness (QED) is 0.627. The fourth-order valence-corrected chi connectivity index (χ4v) is 6.14. The number of anilines is 1. The highest BCUT2D eigenvalue weighted by atomic mass is 16.2. The van der Waals surface area contributed by atoms with E-state index in [2.05, 4.69) is 26.1 Å². The summed E-state index contributed by atoms with van der Waals surface area (Å²) in [5.74, 6) is 0.151. The van der Waals surface area contributed by atoms with E-state index in [-0.39, 0.29) is 17.9 Å². The predicted molar refractivity (Wildman–Crippen MR) is 145 cm³/mol. The molecule has 0 radical (unpaired) electrons. The highest BCUT2D eigenvalue weighted by Crippen LogP contribution is 2.27. The first-order valence-electron chi connectivity index (χ1n) is 13.9. The average Bonchev–Trinajstić information content (AvgIpc) is 3.23. The molecule has 192 valence electrons. The first-order valence-corrected chi connectivity index (χ1v) is 13.9. The molecule has 1 N–H and O–H groups in total. The first kappa shape index (κ1) is 24.8. The van der Waals surface area contributed by atoms with Crippen LogP contribution in [0.25, 0.3) is 0 Å². The fraction of sp³-hybridized carbons (Fsp3) is 0.533. The Balaban J connectivity index is 1.16. The summed E-state index contributed by atoms with van der Waals surface area (Å²) in [5, 5.41) is 3.19. The molecule has 1 saturated carbocycles. The molecule has 6 heteroatoms. The van der Waals surface area contributed by atoms with Crippen molar-refractivity contribution in [1.82, 2.24) is 15.1 Å². The van der Waals surface area contributed by atoms with Crippen LogP contribution in [0.15, 0.2) is 54.6 Å². The minimum atomic E-state index is -0.00683. The molecule has 0 unspecified atom stereocenters. The minimum absolute atomic E-state index is 0.00683. The van der Waals surface area contributed by atoms with Crippen molar-refractivity contribution in [3.63, 3.8) is 0 Å². The van der Waals surface area contributed by atoms with Gasteiger partial charge in [0.15, 0.2) is 0 Å². The first-order chi connectivity index (χ1) is 17.7. The standard InChI is InChI=1S/C30H40N4O2/c35-29(24-10-4-3-5-11-24)31-25-16-18-33(19-17-25)28-15-9-8-14-27(28)30(36)34-22-20-32(21-23-34)26-12-6-1-2-7-13-26/h3-5,8-11,14-15,25-26H,1-2,6-7,12-13,16-23H2,(H,31,35). The van der Waals surface area contributed by atoms with Crippen molar-refractivity contribution in [2.45, 2.75) is 63.5 Å². The average molecular weight is 489 g/mol. The van der Waals surface area contributed by atoms with Crippen LogP contribution in [0.5, 0.6) is 0 Å². The lowest BCUT2D eigenvalue weighted by atomic mass is 10.0. The lowest BCUT2D eigenvalue weighted by Gasteiger charge is -2.40. The van der Waals surface area contributed by atoms with Crippen LogP contribution in [-0.4, -0.2) is 73.0 Å². The number of nitrogens with zero attached hydrogens (tertiary/aromatic N) is 3. The monoisotopic (exact) mass is 488 g/mol. The zero-order valence-electron chi connectivity index (χ0n) is 21.4. The molecule has 5 rings (SSSR count). The number of piperazine rings is 1. The normalized spacial score (nSPS) is 20.7. The lowest BCUT2D eigenvalue weighted by molar-refractivity contribution is 0.0552. The van der Waals surface area contributed by atoms with Crippen LogP contribution in [-0.2, 0) is 0 Å². The fourth-order valence-electron chi connectivity index (χ4n) is 6.14. The highest BCUT2D eigenvalue weighted by Gasteiger charge is 2.29. The van der Waals surface area contributed by atoms with Crippen LogP contribution in [0.1, 0.15) is 72.1 Å². The molecule has 3 fully saturated rings. The van der Waals surface area contributed by atoms with Gasteiger partial charge in [-0.2, -0.15) is 0 Å². The van der Waals surface area contributed by atoms with Gasteiger partial charge in [-0.05, 0) is 49.9 Å². The van der Waals surface area contributed by atoms with Crippen molar-refractivity contribution >= 4 is 17.5 Å². The highest BCUT2D eigenvalue weighted by molar-refractivity contribution is 6.00. The Labute approximate surface area is 215 Å². The Bertz CT molecular complexity index is 1000. The number of piperidine rings is 1. The number of rotatable bonds is 5. The van der Waals surface area contributed by atoms with Crippen LogP contribution >= 0.6 is 0 Å². The SMILES string of the molecule is O=C(NC1CCN(c2ccccc2C(=O)N2CCN(C3CCCCCC3)CC2)CC1)c1ccccc1. The zero-order valence-corrected chi connectivity index (χ0v) is 21.4. The number of amides is 2. The number of carbonyl (C=O) groups is 2. The molecule has 6 nitrogen and oxygen atoms in total. The predicted octanol–water partition coefficient (Wildman–Crippen LogP) is 4.57. The number of nitrogens with one attached hydrogen (secondary N) is 1. The van der Waals surface area contributed by atoms with Gasteiger partial charge in [0.05, 0.1) is 5.56 Å². The van der Waals surface area contributed by atoms with Gasteiger partial charge in [0, 0.05) is 62.6 Å². The Morgan fingerprint density at radius 2 is 1.33 bits per heavy atom. The Kier molecular flexibility index (Phi) is 8.22. The molecule has 2 aliphatic heterocycles. The van der Waals surface area contributed by atoms with Gasteiger partial charge >= 0.3 is 0 Å². The van der Waals surface area contributed by atoms with Gasteiger partial charge in [-0.3, -0.25) is 14.5 Å². The van der Waals surface area contributed by atoms with Crippen molar-refractivity contribution in [3.05, 3.63) is 65.7 Å². The molecule has 0 bridgehead atoms. The topological polar surface area (TPSA) is 55.9 Å². The van der Waals surface area contributed by atoms with Crippen LogP contribution < -0.4 is 10.2 Å². The molecule has 2 amide bonds. The molecule has 0 aromatic heterocycles. The van der Waals surface area contributed by atoms with E-state index in [1.165, 1.54) is 38.5 Å². The van der Waals surface area contributed by atoms with Crippen molar-refractivity contribution in [2.75, 3.05) is 44.2 Å². The van der Waals surface area contributed by atoms with Crippen molar-refractivity contribution in [3.8, 4) is 0 Å². The van der Waals surface area contributed by atoms with E-state index in [4.69, 9.17) is 0 Å². The molecule has 2 aromatic rings. The van der Waals surface area contributed by atoms with E-state index in [0.717, 1.165) is 63.4 Å². The van der Waals surface area contributed by atoms with E-state index in [0.29, 0.717) is 11.6 Å². The molecule has 2 saturated heterocycles. The largest absolute Gasteiger partial charge is 0.371 e. The van der Waals surface area contributed by atoms with Crippen molar-refractivity contribution in [1.29, 1.82) is 0 Å². The second-order valence-electron chi connectivity index (χ2n) is 10.6. The second kappa shape index (κ2) is 11.9. The van der Waals surface area contributed by atoms with E-state index in [9.17, 15) is 9.59 Å². The van der Waals surface area contributed by atoms with Crippen LogP contribution in [0.2, 0.25) is 0 Å². The summed E-state index contributed by atoms with van der Waals surface area (Å²) in [7, 11) is 0. The Morgan fingerprint density at radius 1 is 0.694 bits per heavy atom. The van der Waals surface area contributed by atoms with Crippen molar-refractivity contribution < 1.29 is 9.59 Å². The summed E-state index contributed by atoms with van der Waals surface area (Å²) < 4.78 is 0. The third-order valence-electron chi connectivity index (χ3n) is 8.28. The molecule has 2 heterocycles. The van der Waals surface area contributed by atoms with E-state index in [1.54, 1.807) is 0 Å². The maximum atomic E-state index is 13.6. The van der Waals surface area contributed by atoms with Crippen molar-refractivity contribution in [2.24, 2.45) is 0 Å². The number of carbonyl (C=O) groups excluding carboxylic acids is 2. The van der Waals surface area contributed by atoms with Gasteiger partial charge in [0.2, 0.25) is 0 Å². The third kappa shape index (κ3) is 5.92. The molecule has 36 heavy (non-hydrogen) atoms. The number of para-hydroxylation sites is 1. The number of benzene rings is 2. The van der Waals surface area contributed by atoms with Gasteiger partial charge < -0.3 is 15.1 Å². The molecule has 3 aliphatic rings. The summed E-state index contributed by atoms with van der Waals surface area (Å²) in [6.07, 6.45) is 9.85. The van der Waals surface area contributed by atoms with Gasteiger partial charge in [-0.25, -0.2) is 0 Å². The maximum Gasteiger partial charge on any atom is 0.256 e. The molecular formula is C30H40N4O2. The Hall–Kier alpha value is -2.86. The summed E-state index contributed by atoms with van der Waals surface area (Å²) in [4.78, 5) is 33.1. The number of hydrogen-bond donors (Lipinski definition) is 1. The van der Waals surface area contributed by atoms with Crippen LogP contribution in [0, 0.1) is 0 Å². The van der Waals surface area contributed by atoms with Gasteiger partial charge in [0.1, 0.15) is 0 Å². The van der Waals surface area contributed by atoms with Gasteiger partial charge in [-0.15, -0.1) is 0 Å². The zero-order chi connectivity index (χ0) is 24.7. The van der Waals surface area contributed by atoms with E-state index in [1.807, 2.05) is 48.5 Å². The maximum absolute atomic E-state index is 13.6. The Morgan fingerprint density at radius 3 is 2.03 bits per heavy atom. The summed E-state index contributed by atoms with van der Waals surface area (Å²) in [6.45, 7) is 5.28. The summed E-state index contributed by atoms with van der Waals surface area (Å²) in [5.41, 5.74) is 2.55. The minimum Gasteiger partial charge on any atom is -0.371 e. The molecular weight excluding hydrogens is 448 g/mol. The molecule has 1 aliphatic carbocycles. The molecule has 0 atom stereocenters.